The van der Waals surface area contributed by atoms with Crippen molar-refractivity contribution in [2.45, 2.75) is 19.6 Å². The highest BCUT2D eigenvalue weighted by Crippen LogP contribution is 2.46. The molecule has 6 rings (SSSR count). The van der Waals surface area contributed by atoms with E-state index in [0.29, 0.717) is 11.1 Å². The Morgan fingerprint density at radius 2 is 0.750 bits per heavy atom. The molecule has 24 heteroatoms. The lowest BCUT2D eigenvalue weighted by Crippen LogP contribution is -2.02. The highest BCUT2D eigenvalue weighted by Gasteiger charge is 2.26. The molecule has 0 atom stereocenters. The zero-order chi connectivity index (χ0) is 41.1. The second kappa shape index (κ2) is 13.9. The standard InChI is InChI=1S/C32H24N6O14S4/c33-23-13-21(53(41,42)43)9-17-11-25(55(47,48)49)29(31(39)27(17)23)37-35-19-5-1-15(2-6-19)16-3-7-20(8-4-16)36-38-30-26(56(50,51)52)12-18-10-22(54(44,45)46)14-24(34)28(18)32(30)40/h1-14,39-40H,33-34H2,(H,41,42,43)(H,44,45,46)(H,47,48,49)(H,50,51,52). The first-order valence-electron chi connectivity index (χ1n) is 15.1. The van der Waals surface area contributed by atoms with Gasteiger partial charge in [0.25, 0.3) is 40.5 Å². The highest BCUT2D eigenvalue weighted by molar-refractivity contribution is 7.86. The molecule has 0 fully saturated rings. The van der Waals surface area contributed by atoms with Crippen LogP contribution in [0.1, 0.15) is 0 Å². The van der Waals surface area contributed by atoms with E-state index in [-0.39, 0.29) is 44.3 Å². The van der Waals surface area contributed by atoms with Crippen LogP contribution in [0.2, 0.25) is 0 Å². The fraction of sp³-hybridized carbons (Fsp3) is 0. The SMILES string of the molecule is Nc1cc(S(=O)(=O)O)cc2cc(S(=O)(=O)O)c(N=Nc3ccc(-c4ccc(N=Nc5c(S(=O)(=O)O)cc6cc(S(=O)(=O)O)cc(N)c6c5O)cc4)cc3)c(O)c12. The van der Waals surface area contributed by atoms with Crippen LogP contribution in [-0.2, 0) is 40.5 Å². The summed E-state index contributed by atoms with van der Waals surface area (Å²) in [5.41, 5.74) is 11.1. The van der Waals surface area contributed by atoms with E-state index in [4.69, 9.17) is 11.5 Å². The molecule has 6 aromatic carbocycles. The molecular formula is C32H24N6O14S4. The predicted octanol–water partition coefficient (Wildman–Crippen LogP) is 6.05. The second-order valence-electron chi connectivity index (χ2n) is 11.8. The van der Waals surface area contributed by atoms with E-state index >= 15 is 0 Å². The Balaban J connectivity index is 1.28. The summed E-state index contributed by atoms with van der Waals surface area (Å²) in [7, 11) is -19.7. The monoisotopic (exact) mass is 844 g/mol. The average molecular weight is 845 g/mol. The second-order valence-corrected chi connectivity index (χ2v) is 17.4. The van der Waals surface area contributed by atoms with Crippen LogP contribution in [0.3, 0.4) is 0 Å². The van der Waals surface area contributed by atoms with E-state index in [0.717, 1.165) is 36.4 Å². The lowest BCUT2D eigenvalue weighted by atomic mass is 10.1. The van der Waals surface area contributed by atoms with Crippen molar-refractivity contribution < 1.29 is 62.1 Å². The van der Waals surface area contributed by atoms with Gasteiger partial charge in [0.05, 0.1) is 21.2 Å². The summed E-state index contributed by atoms with van der Waals surface area (Å²) in [5, 5.41) is 36.3. The maximum absolute atomic E-state index is 12.2. The Bertz CT molecular complexity index is 2940. The zero-order valence-corrected chi connectivity index (χ0v) is 30.9. The fourth-order valence-corrected chi connectivity index (χ4v) is 7.94. The third-order valence-corrected chi connectivity index (χ3v) is 11.5. The van der Waals surface area contributed by atoms with Gasteiger partial charge in [-0.1, -0.05) is 24.3 Å². The maximum Gasteiger partial charge on any atom is 0.296 e. The number of nitrogens with two attached hydrogens (primary N) is 2. The minimum absolute atomic E-state index is 0.148. The van der Waals surface area contributed by atoms with Crippen LogP contribution in [0.15, 0.2) is 125 Å². The van der Waals surface area contributed by atoms with Crippen molar-refractivity contribution in [1.82, 2.24) is 0 Å². The number of azo groups is 2. The Morgan fingerprint density at radius 1 is 0.429 bits per heavy atom. The van der Waals surface area contributed by atoms with Gasteiger partial charge in [0.15, 0.2) is 11.5 Å². The lowest BCUT2D eigenvalue weighted by Gasteiger charge is -2.12. The largest absolute Gasteiger partial charge is 0.505 e. The van der Waals surface area contributed by atoms with Crippen molar-refractivity contribution in [2.75, 3.05) is 11.5 Å². The van der Waals surface area contributed by atoms with Crippen LogP contribution in [0.4, 0.5) is 34.1 Å². The number of aromatic hydroxyl groups is 2. The molecule has 0 saturated heterocycles. The quantitative estimate of drug-likeness (QED) is 0.0466. The van der Waals surface area contributed by atoms with E-state index in [9.17, 15) is 62.1 Å². The van der Waals surface area contributed by atoms with Crippen LogP contribution in [0, 0.1) is 0 Å². The predicted molar refractivity (Wildman–Crippen MR) is 200 cm³/mol. The molecule has 0 heterocycles. The molecule has 0 aliphatic heterocycles. The topological polar surface area (TPSA) is 359 Å². The molecule has 6 aromatic rings. The molecule has 0 aliphatic carbocycles. The Labute approximate surface area is 316 Å². The van der Waals surface area contributed by atoms with Gasteiger partial charge in [-0.05, 0) is 82.6 Å². The van der Waals surface area contributed by atoms with E-state index in [1.807, 2.05) is 0 Å². The number of nitrogens with zero attached hydrogens (tertiary/aromatic N) is 4. The number of rotatable bonds is 9. The minimum Gasteiger partial charge on any atom is -0.505 e. The molecule has 0 aromatic heterocycles. The van der Waals surface area contributed by atoms with Crippen LogP contribution in [-0.4, -0.2) is 62.1 Å². The minimum atomic E-state index is -5.07. The van der Waals surface area contributed by atoms with Crippen molar-refractivity contribution in [3.05, 3.63) is 84.9 Å². The van der Waals surface area contributed by atoms with Crippen LogP contribution >= 0.6 is 0 Å². The summed E-state index contributed by atoms with van der Waals surface area (Å²) in [4.78, 5) is -3.26. The average Bonchev–Trinajstić information content (AvgIpc) is 3.09. The normalized spacial score (nSPS) is 13.0. The number of anilines is 2. The van der Waals surface area contributed by atoms with Gasteiger partial charge in [-0.3, -0.25) is 18.2 Å². The van der Waals surface area contributed by atoms with Gasteiger partial charge in [-0.2, -0.15) is 43.9 Å². The first-order chi connectivity index (χ1) is 25.9. The van der Waals surface area contributed by atoms with Gasteiger partial charge in [0.2, 0.25) is 0 Å². The first kappa shape index (κ1) is 39.6. The van der Waals surface area contributed by atoms with Gasteiger partial charge in [0, 0.05) is 22.1 Å². The fourth-order valence-electron chi connectivity index (χ4n) is 5.52. The summed E-state index contributed by atoms with van der Waals surface area (Å²) in [6.45, 7) is 0. The molecule has 290 valence electrons. The smallest absolute Gasteiger partial charge is 0.296 e. The van der Waals surface area contributed by atoms with Gasteiger partial charge in [-0.15, -0.1) is 10.2 Å². The molecule has 0 spiro atoms. The van der Waals surface area contributed by atoms with E-state index in [1.165, 1.54) is 24.3 Å². The third kappa shape index (κ3) is 7.84. The van der Waals surface area contributed by atoms with Gasteiger partial charge < -0.3 is 21.7 Å². The summed E-state index contributed by atoms with van der Waals surface area (Å²) >= 11 is 0. The Morgan fingerprint density at radius 3 is 1.04 bits per heavy atom. The van der Waals surface area contributed by atoms with Crippen LogP contribution in [0.25, 0.3) is 32.7 Å². The number of hydrogen-bond donors (Lipinski definition) is 8. The summed E-state index contributed by atoms with van der Waals surface area (Å²) in [6.07, 6.45) is 0. The van der Waals surface area contributed by atoms with Crippen LogP contribution in [0.5, 0.6) is 11.5 Å². The summed E-state index contributed by atoms with van der Waals surface area (Å²) in [6, 6.07) is 17.2. The molecule has 56 heavy (non-hydrogen) atoms. The molecule has 0 amide bonds. The van der Waals surface area contributed by atoms with E-state index in [1.54, 1.807) is 24.3 Å². The molecule has 0 unspecified atom stereocenters. The highest BCUT2D eigenvalue weighted by atomic mass is 32.2. The Hall–Kier alpha value is -6.12. The van der Waals surface area contributed by atoms with Crippen molar-refractivity contribution in [2.24, 2.45) is 20.5 Å². The molecule has 0 radical (unpaired) electrons. The lowest BCUT2D eigenvalue weighted by molar-refractivity contribution is 0.471. The van der Waals surface area contributed by atoms with E-state index < -0.39 is 82.9 Å². The van der Waals surface area contributed by atoms with Gasteiger partial charge >= 0.3 is 0 Å². The number of nitrogen functional groups attached to an aromatic ring is 2. The Kier molecular flexibility index (Phi) is 9.80. The van der Waals surface area contributed by atoms with Crippen molar-refractivity contribution >= 4 is 96.1 Å². The zero-order valence-electron chi connectivity index (χ0n) is 27.6. The number of hydrogen-bond acceptors (Lipinski definition) is 16. The number of phenols is 2. The maximum atomic E-state index is 12.2. The van der Waals surface area contributed by atoms with Gasteiger partial charge in [-0.25, -0.2) is 0 Å². The first-order valence-corrected chi connectivity index (χ1v) is 20.8. The number of phenolic OH excluding ortho intramolecular Hbond substituents is 2. The van der Waals surface area contributed by atoms with Crippen molar-refractivity contribution in [3.8, 4) is 22.6 Å². The molecule has 0 bridgehead atoms. The van der Waals surface area contributed by atoms with Crippen LogP contribution < -0.4 is 11.5 Å². The van der Waals surface area contributed by atoms with E-state index in [2.05, 4.69) is 20.5 Å². The van der Waals surface area contributed by atoms with Gasteiger partial charge in [0.1, 0.15) is 21.2 Å². The number of benzene rings is 6. The van der Waals surface area contributed by atoms with Crippen molar-refractivity contribution in [3.63, 3.8) is 0 Å². The number of fused-ring (bicyclic) bond motifs is 2. The molecule has 20 nitrogen and oxygen atoms in total. The molecule has 0 saturated carbocycles. The molecule has 0 aliphatic rings. The molecule has 10 N–H and O–H groups in total. The molecular weight excluding hydrogens is 821 g/mol. The summed E-state index contributed by atoms with van der Waals surface area (Å²) in [5.74, 6) is -1.70. The third-order valence-electron chi connectivity index (χ3n) is 8.06. The summed E-state index contributed by atoms with van der Waals surface area (Å²) < 4.78 is 134. The van der Waals surface area contributed by atoms with Crippen molar-refractivity contribution in [1.29, 1.82) is 0 Å².